The van der Waals surface area contributed by atoms with E-state index in [1.807, 2.05) is 0 Å². The van der Waals surface area contributed by atoms with E-state index in [9.17, 15) is 17.6 Å². The van der Waals surface area contributed by atoms with Gasteiger partial charge in [0, 0.05) is 11.6 Å². The molecule has 0 spiro atoms. The molecule has 0 radical (unpaired) electrons. The van der Waals surface area contributed by atoms with E-state index in [-0.39, 0.29) is 18.7 Å². The first-order valence-corrected chi connectivity index (χ1v) is 10.2. The number of halogens is 2. The molecular weight excluding hydrogens is 379 g/mol. The minimum Gasteiger partial charge on any atom is -0.350 e. The molecule has 1 atom stereocenters. The lowest BCUT2D eigenvalue weighted by Gasteiger charge is -2.30. The molecule has 1 amide bonds. The maximum absolute atomic E-state index is 14.2. The highest BCUT2D eigenvalue weighted by molar-refractivity contribution is 7.92. The predicted octanol–water partition coefficient (Wildman–Crippen LogP) is 3.34. The van der Waals surface area contributed by atoms with Gasteiger partial charge < -0.3 is 5.32 Å². The van der Waals surface area contributed by atoms with Gasteiger partial charge in [0.05, 0.1) is 11.9 Å². The van der Waals surface area contributed by atoms with Crippen LogP contribution in [0.3, 0.4) is 0 Å². The maximum Gasteiger partial charge on any atom is 0.244 e. The lowest BCUT2D eigenvalue weighted by atomic mass is 10.1. The highest BCUT2D eigenvalue weighted by atomic mass is 35.5. The zero-order valence-electron chi connectivity index (χ0n) is 14.4. The fourth-order valence-corrected chi connectivity index (χ4v) is 3.91. The lowest BCUT2D eigenvalue weighted by molar-refractivity contribution is -0.122. The topological polar surface area (TPSA) is 66.5 Å². The van der Waals surface area contributed by atoms with Gasteiger partial charge in [-0.1, -0.05) is 42.8 Å². The first kappa shape index (κ1) is 20.2. The molecule has 140 valence electrons. The Morgan fingerprint density at radius 3 is 2.35 bits per heavy atom. The van der Waals surface area contributed by atoms with Gasteiger partial charge in [-0.2, -0.15) is 0 Å². The summed E-state index contributed by atoms with van der Waals surface area (Å²) in [6.07, 6.45) is 1.14. The third-order valence-electron chi connectivity index (χ3n) is 3.80. The minimum absolute atomic E-state index is 0.150. The number of carbonyl (C=O) groups is 1. The molecule has 2 rings (SSSR count). The van der Waals surface area contributed by atoms with Crippen molar-refractivity contribution in [1.82, 2.24) is 5.32 Å². The van der Waals surface area contributed by atoms with E-state index in [1.54, 1.807) is 31.2 Å². The highest BCUT2D eigenvalue weighted by Crippen LogP contribution is 2.25. The van der Waals surface area contributed by atoms with Crippen LogP contribution in [0.15, 0.2) is 48.5 Å². The number of hydrogen-bond donors (Lipinski definition) is 1. The van der Waals surface area contributed by atoms with Crippen LogP contribution in [0.4, 0.5) is 10.1 Å². The van der Waals surface area contributed by atoms with E-state index in [1.165, 1.54) is 18.2 Å². The number of nitrogens with zero attached hydrogens (tertiary/aromatic N) is 1. The highest BCUT2D eigenvalue weighted by Gasteiger charge is 2.32. The van der Waals surface area contributed by atoms with Crippen LogP contribution in [0.1, 0.15) is 18.9 Å². The second kappa shape index (κ2) is 8.51. The molecule has 0 unspecified atom stereocenters. The number of nitrogens with one attached hydrogen (secondary N) is 1. The Kier molecular flexibility index (Phi) is 6.61. The Hall–Kier alpha value is -2.12. The van der Waals surface area contributed by atoms with Crippen LogP contribution in [0, 0.1) is 5.82 Å². The van der Waals surface area contributed by atoms with Crippen LogP contribution >= 0.6 is 11.6 Å². The average molecular weight is 399 g/mol. The standard InChI is InChI=1S/C18H20ClFN2O3S/c1-3-16(18(23)21-12-13-8-10-14(19)11-9-13)22(26(2,24)25)17-7-5-4-6-15(17)20/h4-11,16H,3,12H2,1-2H3,(H,21,23)/t16-/m0/s1. The lowest BCUT2D eigenvalue weighted by Crippen LogP contribution is -2.49. The molecule has 8 heteroatoms. The van der Waals surface area contributed by atoms with Crippen LogP contribution < -0.4 is 9.62 Å². The third kappa shape index (κ3) is 4.95. The second-order valence-electron chi connectivity index (χ2n) is 5.78. The third-order valence-corrected chi connectivity index (χ3v) is 5.22. The van der Waals surface area contributed by atoms with Gasteiger partial charge in [0.1, 0.15) is 11.9 Å². The monoisotopic (exact) mass is 398 g/mol. The number of anilines is 1. The molecule has 0 fully saturated rings. The van der Waals surface area contributed by atoms with Gasteiger partial charge in [-0.3, -0.25) is 9.10 Å². The summed E-state index contributed by atoms with van der Waals surface area (Å²) in [6.45, 7) is 1.88. The van der Waals surface area contributed by atoms with Crippen LogP contribution in [0.5, 0.6) is 0 Å². The van der Waals surface area contributed by atoms with Crippen molar-refractivity contribution < 1.29 is 17.6 Å². The molecule has 0 bridgehead atoms. The fourth-order valence-electron chi connectivity index (χ4n) is 2.58. The van der Waals surface area contributed by atoms with Gasteiger partial charge in [-0.15, -0.1) is 0 Å². The smallest absolute Gasteiger partial charge is 0.244 e. The van der Waals surface area contributed by atoms with Crippen molar-refractivity contribution >= 4 is 33.2 Å². The molecule has 0 aliphatic rings. The van der Waals surface area contributed by atoms with Gasteiger partial charge in [0.25, 0.3) is 0 Å². The molecule has 0 saturated heterocycles. The summed E-state index contributed by atoms with van der Waals surface area (Å²) in [4.78, 5) is 12.6. The summed E-state index contributed by atoms with van der Waals surface area (Å²) in [5, 5.41) is 3.28. The molecule has 5 nitrogen and oxygen atoms in total. The Morgan fingerprint density at radius 1 is 1.19 bits per heavy atom. The van der Waals surface area contributed by atoms with Crippen molar-refractivity contribution in [2.45, 2.75) is 25.9 Å². The molecule has 0 aromatic heterocycles. The SMILES string of the molecule is CC[C@@H](C(=O)NCc1ccc(Cl)cc1)N(c1ccccc1F)S(C)(=O)=O. The second-order valence-corrected chi connectivity index (χ2v) is 8.07. The number of benzene rings is 2. The summed E-state index contributed by atoms with van der Waals surface area (Å²) in [6, 6.07) is 11.3. The number of rotatable bonds is 7. The van der Waals surface area contributed by atoms with Gasteiger partial charge in [0.15, 0.2) is 0 Å². The number of sulfonamides is 1. The van der Waals surface area contributed by atoms with Crippen molar-refractivity contribution in [2.24, 2.45) is 0 Å². The van der Waals surface area contributed by atoms with Gasteiger partial charge in [0.2, 0.25) is 15.9 Å². The molecule has 0 aliphatic carbocycles. The van der Waals surface area contributed by atoms with Crippen LogP contribution in [0.2, 0.25) is 5.02 Å². The molecule has 0 aliphatic heterocycles. The minimum atomic E-state index is -3.87. The molecule has 0 heterocycles. The Bertz CT molecular complexity index is 872. The normalized spacial score (nSPS) is 12.5. The van der Waals surface area contributed by atoms with E-state index in [2.05, 4.69) is 5.32 Å². The maximum atomic E-state index is 14.2. The largest absolute Gasteiger partial charge is 0.350 e. The molecule has 26 heavy (non-hydrogen) atoms. The van der Waals surface area contributed by atoms with E-state index in [4.69, 9.17) is 11.6 Å². The Morgan fingerprint density at radius 2 is 1.81 bits per heavy atom. The molecule has 1 N–H and O–H groups in total. The van der Waals surface area contributed by atoms with E-state index in [0.29, 0.717) is 5.02 Å². The van der Waals surface area contributed by atoms with Crippen LogP contribution in [-0.2, 0) is 21.4 Å². The summed E-state index contributed by atoms with van der Waals surface area (Å²) in [5.41, 5.74) is 0.665. The molecule has 0 saturated carbocycles. The van der Waals surface area contributed by atoms with Gasteiger partial charge >= 0.3 is 0 Å². The fraction of sp³-hybridized carbons (Fsp3) is 0.278. The average Bonchev–Trinajstić information content (AvgIpc) is 2.58. The molecular formula is C18H20ClFN2O3S. The summed E-state index contributed by atoms with van der Waals surface area (Å²) in [5.74, 6) is -1.21. The van der Waals surface area contributed by atoms with Gasteiger partial charge in [-0.05, 0) is 36.2 Å². The molecule has 2 aromatic carbocycles. The van der Waals surface area contributed by atoms with Crippen molar-refractivity contribution in [3.8, 4) is 0 Å². The first-order valence-electron chi connectivity index (χ1n) is 8.00. The summed E-state index contributed by atoms with van der Waals surface area (Å²) >= 11 is 5.83. The van der Waals surface area contributed by atoms with E-state index < -0.39 is 27.8 Å². The zero-order valence-corrected chi connectivity index (χ0v) is 16.0. The van der Waals surface area contributed by atoms with Crippen molar-refractivity contribution in [2.75, 3.05) is 10.6 Å². The van der Waals surface area contributed by atoms with E-state index >= 15 is 0 Å². The van der Waals surface area contributed by atoms with Crippen LogP contribution in [0.25, 0.3) is 0 Å². The zero-order chi connectivity index (χ0) is 19.3. The Balaban J connectivity index is 2.25. The van der Waals surface area contributed by atoms with Crippen molar-refractivity contribution in [1.29, 1.82) is 0 Å². The van der Waals surface area contributed by atoms with Crippen molar-refractivity contribution in [3.63, 3.8) is 0 Å². The van der Waals surface area contributed by atoms with Crippen molar-refractivity contribution in [3.05, 3.63) is 64.9 Å². The first-order chi connectivity index (χ1) is 12.2. The summed E-state index contributed by atoms with van der Waals surface area (Å²) in [7, 11) is -3.87. The Labute approximate surface area is 157 Å². The number of para-hydroxylation sites is 1. The number of carbonyl (C=O) groups excluding carboxylic acids is 1. The quantitative estimate of drug-likeness (QED) is 0.777. The predicted molar refractivity (Wildman–Crippen MR) is 101 cm³/mol. The number of hydrogen-bond acceptors (Lipinski definition) is 3. The van der Waals surface area contributed by atoms with E-state index in [0.717, 1.165) is 22.2 Å². The summed E-state index contributed by atoms with van der Waals surface area (Å²) < 4.78 is 39.5. The molecule has 2 aromatic rings. The van der Waals surface area contributed by atoms with Gasteiger partial charge in [-0.25, -0.2) is 12.8 Å². The van der Waals surface area contributed by atoms with Crippen LogP contribution in [-0.4, -0.2) is 26.6 Å². The number of amides is 1.